The molecule has 4 nitrogen and oxygen atoms in total. The van der Waals surface area contributed by atoms with Crippen LogP contribution in [0, 0.1) is 23.0 Å². The Morgan fingerprint density at radius 2 is 2.00 bits per heavy atom. The highest BCUT2D eigenvalue weighted by atomic mass is 19.2. The topological polar surface area (TPSA) is 75.6 Å². The fourth-order valence-corrected chi connectivity index (χ4v) is 1.26. The van der Waals surface area contributed by atoms with Crippen molar-refractivity contribution in [3.8, 4) is 17.5 Å². The van der Waals surface area contributed by atoms with Crippen molar-refractivity contribution in [3.63, 3.8) is 0 Å². The van der Waals surface area contributed by atoms with Crippen molar-refractivity contribution >= 4 is 5.82 Å². The summed E-state index contributed by atoms with van der Waals surface area (Å²) in [5, 5.41) is 8.64. The van der Waals surface area contributed by atoms with Crippen molar-refractivity contribution in [1.29, 1.82) is 5.26 Å². The number of rotatable bonds is 1. The molecule has 0 aliphatic heterocycles. The first-order valence-electron chi connectivity index (χ1n) is 4.60. The standard InChI is InChI=1S/C11H6F2N4/c12-8-2-1-6(3-9(8)13)11-16-5-7(4-14)10(15)17-11/h1-3,5H,(H2,15,16,17). The highest BCUT2D eigenvalue weighted by Crippen LogP contribution is 2.19. The first-order chi connectivity index (χ1) is 8.11. The number of benzene rings is 1. The average Bonchev–Trinajstić information content (AvgIpc) is 2.32. The van der Waals surface area contributed by atoms with E-state index >= 15 is 0 Å². The van der Waals surface area contributed by atoms with E-state index in [-0.39, 0.29) is 17.2 Å². The van der Waals surface area contributed by atoms with Crippen LogP contribution in [0.2, 0.25) is 0 Å². The number of nitrogen functional groups attached to an aromatic ring is 1. The molecule has 1 aromatic heterocycles. The lowest BCUT2D eigenvalue weighted by atomic mass is 10.2. The van der Waals surface area contributed by atoms with Gasteiger partial charge in [0.2, 0.25) is 0 Å². The van der Waals surface area contributed by atoms with Crippen LogP contribution in [0.5, 0.6) is 0 Å². The van der Waals surface area contributed by atoms with Crippen LogP contribution in [0.15, 0.2) is 24.4 Å². The van der Waals surface area contributed by atoms with E-state index in [0.717, 1.165) is 12.1 Å². The second-order valence-electron chi connectivity index (χ2n) is 3.23. The van der Waals surface area contributed by atoms with E-state index in [1.165, 1.54) is 12.3 Å². The number of hydrogen-bond acceptors (Lipinski definition) is 4. The van der Waals surface area contributed by atoms with E-state index in [0.29, 0.717) is 5.56 Å². The maximum absolute atomic E-state index is 13.0. The number of halogens is 2. The third-order valence-corrected chi connectivity index (χ3v) is 2.12. The first kappa shape index (κ1) is 11.0. The molecule has 2 aromatic rings. The SMILES string of the molecule is N#Cc1cnc(-c2ccc(F)c(F)c2)nc1N. The third kappa shape index (κ3) is 2.03. The average molecular weight is 232 g/mol. The van der Waals surface area contributed by atoms with Gasteiger partial charge in [-0.25, -0.2) is 18.7 Å². The molecule has 1 aromatic carbocycles. The molecule has 1 heterocycles. The summed E-state index contributed by atoms with van der Waals surface area (Å²) in [4.78, 5) is 7.69. The van der Waals surface area contributed by atoms with E-state index in [9.17, 15) is 8.78 Å². The fraction of sp³-hybridized carbons (Fsp3) is 0. The van der Waals surface area contributed by atoms with Gasteiger partial charge in [0.25, 0.3) is 0 Å². The molecule has 0 radical (unpaired) electrons. The molecule has 0 aliphatic rings. The van der Waals surface area contributed by atoms with Gasteiger partial charge in [-0.05, 0) is 18.2 Å². The van der Waals surface area contributed by atoms with Crippen molar-refractivity contribution in [1.82, 2.24) is 9.97 Å². The maximum atomic E-state index is 13.0. The maximum Gasteiger partial charge on any atom is 0.161 e. The lowest BCUT2D eigenvalue weighted by Crippen LogP contribution is -1.99. The van der Waals surface area contributed by atoms with Gasteiger partial charge in [-0.1, -0.05) is 0 Å². The Morgan fingerprint density at radius 3 is 2.59 bits per heavy atom. The van der Waals surface area contributed by atoms with E-state index in [1.807, 2.05) is 6.07 Å². The van der Waals surface area contributed by atoms with Crippen molar-refractivity contribution in [2.45, 2.75) is 0 Å². The Morgan fingerprint density at radius 1 is 1.24 bits per heavy atom. The lowest BCUT2D eigenvalue weighted by Gasteiger charge is -2.02. The number of nitriles is 1. The van der Waals surface area contributed by atoms with Gasteiger partial charge >= 0.3 is 0 Å². The summed E-state index contributed by atoms with van der Waals surface area (Å²) in [6, 6.07) is 5.09. The van der Waals surface area contributed by atoms with Gasteiger partial charge in [-0.3, -0.25) is 0 Å². The molecular weight excluding hydrogens is 226 g/mol. The highest BCUT2D eigenvalue weighted by molar-refractivity contribution is 5.59. The normalized spacial score (nSPS) is 9.94. The van der Waals surface area contributed by atoms with Crippen molar-refractivity contribution in [2.24, 2.45) is 0 Å². The molecule has 84 valence electrons. The Balaban J connectivity index is 2.50. The predicted octanol–water partition coefficient (Wildman–Crippen LogP) is 1.88. The van der Waals surface area contributed by atoms with Crippen LogP contribution in [0.1, 0.15) is 5.56 Å². The van der Waals surface area contributed by atoms with Crippen molar-refractivity contribution in [2.75, 3.05) is 5.73 Å². The van der Waals surface area contributed by atoms with Crippen LogP contribution in [-0.2, 0) is 0 Å². The summed E-state index contributed by atoms with van der Waals surface area (Å²) in [5.74, 6) is -1.80. The smallest absolute Gasteiger partial charge is 0.161 e. The number of nitrogens with zero attached hydrogens (tertiary/aromatic N) is 3. The number of hydrogen-bond donors (Lipinski definition) is 1. The molecular formula is C11H6F2N4. The van der Waals surface area contributed by atoms with Crippen LogP contribution in [0.4, 0.5) is 14.6 Å². The van der Waals surface area contributed by atoms with Crippen LogP contribution >= 0.6 is 0 Å². The predicted molar refractivity (Wildman–Crippen MR) is 56.5 cm³/mol. The molecule has 0 saturated carbocycles. The minimum atomic E-state index is -0.992. The lowest BCUT2D eigenvalue weighted by molar-refractivity contribution is 0.509. The molecule has 17 heavy (non-hydrogen) atoms. The number of anilines is 1. The molecule has 0 atom stereocenters. The van der Waals surface area contributed by atoms with Crippen molar-refractivity contribution in [3.05, 3.63) is 41.6 Å². The summed E-state index contributed by atoms with van der Waals surface area (Å²) in [6.45, 7) is 0. The third-order valence-electron chi connectivity index (χ3n) is 2.12. The number of nitrogens with two attached hydrogens (primary N) is 1. The molecule has 6 heteroatoms. The highest BCUT2D eigenvalue weighted by Gasteiger charge is 2.08. The molecule has 0 aliphatic carbocycles. The van der Waals surface area contributed by atoms with E-state index in [2.05, 4.69) is 9.97 Å². The summed E-state index contributed by atoms with van der Waals surface area (Å²) >= 11 is 0. The van der Waals surface area contributed by atoms with Crippen LogP contribution < -0.4 is 5.73 Å². The molecule has 0 unspecified atom stereocenters. The Kier molecular flexibility index (Phi) is 2.66. The molecule has 0 saturated heterocycles. The molecule has 2 N–H and O–H groups in total. The largest absolute Gasteiger partial charge is 0.382 e. The zero-order valence-corrected chi connectivity index (χ0v) is 8.48. The summed E-state index contributed by atoms with van der Waals surface area (Å²) in [5.41, 5.74) is 5.92. The van der Waals surface area contributed by atoms with Gasteiger partial charge in [0, 0.05) is 5.56 Å². The Labute approximate surface area is 95.4 Å². The Bertz CT molecular complexity index is 619. The Hall–Kier alpha value is -2.55. The van der Waals surface area contributed by atoms with Gasteiger partial charge in [0.1, 0.15) is 17.5 Å². The minimum absolute atomic E-state index is 0.00207. The van der Waals surface area contributed by atoms with E-state index in [4.69, 9.17) is 11.0 Å². The monoisotopic (exact) mass is 232 g/mol. The fourth-order valence-electron chi connectivity index (χ4n) is 1.26. The van der Waals surface area contributed by atoms with Gasteiger partial charge in [0.05, 0.1) is 6.20 Å². The van der Waals surface area contributed by atoms with Gasteiger partial charge in [-0.15, -0.1) is 0 Å². The molecule has 0 amide bonds. The molecule has 0 bridgehead atoms. The van der Waals surface area contributed by atoms with Crippen molar-refractivity contribution < 1.29 is 8.78 Å². The van der Waals surface area contributed by atoms with Gasteiger partial charge in [-0.2, -0.15) is 5.26 Å². The number of aromatic nitrogens is 2. The molecule has 0 spiro atoms. The van der Waals surface area contributed by atoms with Gasteiger partial charge in [0.15, 0.2) is 17.5 Å². The summed E-state index contributed by atoms with van der Waals surface area (Å²) < 4.78 is 25.7. The summed E-state index contributed by atoms with van der Waals surface area (Å²) in [6.07, 6.45) is 1.24. The zero-order chi connectivity index (χ0) is 12.4. The van der Waals surface area contributed by atoms with Crippen LogP contribution in [-0.4, -0.2) is 9.97 Å². The first-order valence-corrected chi connectivity index (χ1v) is 4.60. The second-order valence-corrected chi connectivity index (χ2v) is 3.23. The van der Waals surface area contributed by atoms with Gasteiger partial charge < -0.3 is 5.73 Å². The molecule has 2 rings (SSSR count). The second kappa shape index (κ2) is 4.14. The van der Waals surface area contributed by atoms with Crippen LogP contribution in [0.3, 0.4) is 0 Å². The minimum Gasteiger partial charge on any atom is -0.382 e. The van der Waals surface area contributed by atoms with Crippen LogP contribution in [0.25, 0.3) is 11.4 Å². The quantitative estimate of drug-likeness (QED) is 0.814. The molecule has 0 fully saturated rings. The zero-order valence-electron chi connectivity index (χ0n) is 8.48. The van der Waals surface area contributed by atoms with E-state index < -0.39 is 11.6 Å². The summed E-state index contributed by atoms with van der Waals surface area (Å²) in [7, 11) is 0. The van der Waals surface area contributed by atoms with E-state index in [1.54, 1.807) is 0 Å².